The first-order valence-corrected chi connectivity index (χ1v) is 12.2. The molecule has 3 aromatic carbocycles. The zero-order valence-corrected chi connectivity index (χ0v) is 20.8. The van der Waals surface area contributed by atoms with Crippen molar-refractivity contribution in [3.05, 3.63) is 80.8 Å². The van der Waals surface area contributed by atoms with Crippen LogP contribution >= 0.6 is 34.8 Å². The molecule has 33 heavy (non-hydrogen) atoms. The predicted molar refractivity (Wildman–Crippen MR) is 139 cm³/mol. The number of piperidine rings is 1. The van der Waals surface area contributed by atoms with Crippen molar-refractivity contribution in [2.45, 2.75) is 32.4 Å². The number of benzene rings is 3. The molecule has 0 bridgehead atoms. The molecule has 1 saturated heterocycles. The van der Waals surface area contributed by atoms with Gasteiger partial charge >= 0.3 is 0 Å². The van der Waals surface area contributed by atoms with Crippen LogP contribution in [0.2, 0.25) is 15.1 Å². The largest absolute Gasteiger partial charge is 0.493 e. The van der Waals surface area contributed by atoms with E-state index in [1.165, 1.54) is 19.3 Å². The molecule has 0 aliphatic carbocycles. The predicted octanol–water partition coefficient (Wildman–Crippen LogP) is 7.84. The molecule has 0 unspecified atom stereocenters. The lowest BCUT2D eigenvalue weighted by Gasteiger charge is -2.29. The van der Waals surface area contributed by atoms with Crippen LogP contribution in [0.1, 0.15) is 30.4 Å². The van der Waals surface area contributed by atoms with Crippen LogP contribution in [0.15, 0.2) is 54.6 Å². The Balaban J connectivity index is 1.42. The van der Waals surface area contributed by atoms with Gasteiger partial charge in [0.25, 0.3) is 0 Å². The Morgan fingerprint density at radius 2 is 1.70 bits per heavy atom. The Morgan fingerprint density at radius 3 is 2.42 bits per heavy atom. The summed E-state index contributed by atoms with van der Waals surface area (Å²) in [7, 11) is 1.61. The lowest BCUT2D eigenvalue weighted by Crippen LogP contribution is -2.29. The van der Waals surface area contributed by atoms with Gasteiger partial charge in [0.2, 0.25) is 0 Å². The molecule has 0 spiro atoms. The number of ether oxygens (including phenoxy) is 2. The maximum absolute atomic E-state index is 6.59. The molecule has 0 radical (unpaired) electrons. The maximum Gasteiger partial charge on any atom is 0.180 e. The monoisotopic (exact) mass is 504 g/mol. The fourth-order valence-electron chi connectivity index (χ4n) is 4.01. The highest BCUT2D eigenvalue weighted by atomic mass is 35.5. The third-order valence-electron chi connectivity index (χ3n) is 5.70. The van der Waals surface area contributed by atoms with Gasteiger partial charge in [0.15, 0.2) is 11.5 Å². The molecule has 3 aromatic rings. The molecule has 0 amide bonds. The van der Waals surface area contributed by atoms with Gasteiger partial charge in [-0.25, -0.2) is 0 Å². The Bertz CT molecular complexity index is 1100. The van der Waals surface area contributed by atoms with E-state index in [1.54, 1.807) is 7.11 Å². The van der Waals surface area contributed by atoms with E-state index in [4.69, 9.17) is 44.3 Å². The summed E-state index contributed by atoms with van der Waals surface area (Å²) in [6.07, 6.45) is 3.74. The highest BCUT2D eigenvalue weighted by Gasteiger charge is 2.15. The Hall–Kier alpha value is -2.27. The van der Waals surface area contributed by atoms with E-state index < -0.39 is 0 Å². The molecule has 1 aliphatic rings. The minimum atomic E-state index is 0.343. The van der Waals surface area contributed by atoms with Crippen molar-refractivity contribution in [3.63, 3.8) is 0 Å². The van der Waals surface area contributed by atoms with Crippen LogP contribution in [-0.2, 0) is 13.2 Å². The van der Waals surface area contributed by atoms with Crippen molar-refractivity contribution in [1.82, 2.24) is 0 Å². The molecule has 0 aromatic heterocycles. The van der Waals surface area contributed by atoms with Crippen LogP contribution in [-0.4, -0.2) is 20.2 Å². The second-order valence-corrected chi connectivity index (χ2v) is 9.35. The molecule has 4 rings (SSSR count). The first kappa shape index (κ1) is 23.9. The van der Waals surface area contributed by atoms with E-state index in [2.05, 4.69) is 22.3 Å². The summed E-state index contributed by atoms with van der Waals surface area (Å²) >= 11 is 19.2. The fraction of sp³-hybridized carbons (Fsp3) is 0.308. The second-order valence-electron chi connectivity index (χ2n) is 8.10. The molecular formula is C26H27Cl3N2O2. The number of hydrogen-bond donors (Lipinski definition) is 1. The van der Waals surface area contributed by atoms with E-state index in [-0.39, 0.29) is 0 Å². The van der Waals surface area contributed by atoms with Crippen LogP contribution in [0.3, 0.4) is 0 Å². The van der Waals surface area contributed by atoms with E-state index in [0.29, 0.717) is 34.7 Å². The molecule has 1 fully saturated rings. The van der Waals surface area contributed by atoms with Gasteiger partial charge in [0, 0.05) is 30.3 Å². The molecule has 0 saturated carbocycles. The van der Waals surface area contributed by atoms with Gasteiger partial charge in [0.05, 0.1) is 22.8 Å². The number of anilines is 2. The van der Waals surface area contributed by atoms with Crippen molar-refractivity contribution in [2.75, 3.05) is 30.4 Å². The van der Waals surface area contributed by atoms with Crippen molar-refractivity contribution in [2.24, 2.45) is 0 Å². The molecule has 4 nitrogen and oxygen atoms in total. The van der Waals surface area contributed by atoms with Crippen molar-refractivity contribution >= 4 is 46.2 Å². The maximum atomic E-state index is 6.59. The molecule has 174 valence electrons. The zero-order valence-electron chi connectivity index (χ0n) is 18.5. The zero-order chi connectivity index (χ0) is 23.2. The molecule has 7 heteroatoms. The van der Waals surface area contributed by atoms with E-state index in [0.717, 1.165) is 40.6 Å². The lowest BCUT2D eigenvalue weighted by atomic mass is 10.1. The first-order chi connectivity index (χ1) is 16.0. The van der Waals surface area contributed by atoms with Crippen molar-refractivity contribution < 1.29 is 9.47 Å². The number of rotatable bonds is 8. The summed E-state index contributed by atoms with van der Waals surface area (Å²) in [6, 6.07) is 17.5. The average molecular weight is 506 g/mol. The van der Waals surface area contributed by atoms with Gasteiger partial charge in [-0.05, 0) is 72.9 Å². The normalized spacial score (nSPS) is 13.6. The van der Waals surface area contributed by atoms with Gasteiger partial charge < -0.3 is 19.7 Å². The fourth-order valence-corrected chi connectivity index (χ4v) is 4.81. The Morgan fingerprint density at radius 1 is 0.879 bits per heavy atom. The van der Waals surface area contributed by atoms with Crippen LogP contribution in [0.25, 0.3) is 0 Å². The minimum Gasteiger partial charge on any atom is -0.493 e. The van der Waals surface area contributed by atoms with Crippen LogP contribution in [0.4, 0.5) is 11.4 Å². The summed E-state index contributed by atoms with van der Waals surface area (Å²) in [4.78, 5) is 2.36. The van der Waals surface area contributed by atoms with E-state index >= 15 is 0 Å². The number of halogens is 3. The van der Waals surface area contributed by atoms with E-state index in [1.807, 2.05) is 42.5 Å². The average Bonchev–Trinajstić information content (AvgIpc) is 2.82. The summed E-state index contributed by atoms with van der Waals surface area (Å²) < 4.78 is 11.5. The standard InChI is InChI=1S/C26H27Cl3N2O2/c1-32-25-14-19(13-23(29)26(25)33-17-18-6-5-7-20(27)12-18)16-30-21-8-9-24(22(28)15-21)31-10-3-2-4-11-31/h5-9,12-15,30H,2-4,10-11,16-17H2,1H3. The third kappa shape index (κ3) is 6.20. The van der Waals surface area contributed by atoms with Gasteiger partial charge in [0.1, 0.15) is 6.61 Å². The topological polar surface area (TPSA) is 33.7 Å². The SMILES string of the molecule is COc1cc(CNc2ccc(N3CCCCC3)c(Cl)c2)cc(Cl)c1OCc1cccc(Cl)c1. The highest BCUT2D eigenvalue weighted by Crippen LogP contribution is 2.37. The lowest BCUT2D eigenvalue weighted by molar-refractivity contribution is 0.284. The van der Waals surface area contributed by atoms with Crippen molar-refractivity contribution in [1.29, 1.82) is 0 Å². The van der Waals surface area contributed by atoms with Gasteiger partial charge in [-0.3, -0.25) is 0 Å². The van der Waals surface area contributed by atoms with Gasteiger partial charge in [-0.15, -0.1) is 0 Å². The quantitative estimate of drug-likeness (QED) is 0.338. The Labute approximate surface area is 210 Å². The van der Waals surface area contributed by atoms with Crippen LogP contribution < -0.4 is 19.7 Å². The third-order valence-corrected chi connectivity index (χ3v) is 6.52. The molecule has 1 N–H and O–H groups in total. The van der Waals surface area contributed by atoms with Gasteiger partial charge in [-0.2, -0.15) is 0 Å². The first-order valence-electron chi connectivity index (χ1n) is 11.1. The number of hydrogen-bond acceptors (Lipinski definition) is 4. The summed E-state index contributed by atoms with van der Waals surface area (Å²) in [6.45, 7) is 3.05. The van der Waals surface area contributed by atoms with Crippen LogP contribution in [0.5, 0.6) is 11.5 Å². The smallest absolute Gasteiger partial charge is 0.180 e. The minimum absolute atomic E-state index is 0.343. The number of nitrogens with one attached hydrogen (secondary N) is 1. The van der Waals surface area contributed by atoms with E-state index in [9.17, 15) is 0 Å². The molecule has 1 aliphatic heterocycles. The Kier molecular flexibility index (Phi) is 8.13. The molecular weight excluding hydrogens is 479 g/mol. The van der Waals surface area contributed by atoms with Crippen molar-refractivity contribution in [3.8, 4) is 11.5 Å². The number of nitrogens with zero attached hydrogens (tertiary/aromatic N) is 1. The highest BCUT2D eigenvalue weighted by molar-refractivity contribution is 6.33. The molecule has 1 heterocycles. The molecule has 0 atom stereocenters. The summed E-state index contributed by atoms with van der Waals surface area (Å²) in [5.41, 5.74) is 3.99. The summed E-state index contributed by atoms with van der Waals surface area (Å²) in [5, 5.41) is 5.35. The van der Waals surface area contributed by atoms with Gasteiger partial charge in [-0.1, -0.05) is 46.9 Å². The summed E-state index contributed by atoms with van der Waals surface area (Å²) in [5.74, 6) is 1.09. The second kappa shape index (κ2) is 11.2. The number of methoxy groups -OCH3 is 1. The van der Waals surface area contributed by atoms with Crippen LogP contribution in [0, 0.1) is 0 Å².